The van der Waals surface area contributed by atoms with Gasteiger partial charge in [0.05, 0.1) is 5.69 Å². The third-order valence-corrected chi connectivity index (χ3v) is 5.57. The van der Waals surface area contributed by atoms with E-state index in [0.29, 0.717) is 12.1 Å². The largest absolute Gasteiger partial charge is 0.381 e. The number of hydrogen-bond donors (Lipinski definition) is 1. The van der Waals surface area contributed by atoms with E-state index >= 15 is 0 Å². The van der Waals surface area contributed by atoms with Crippen LogP contribution in [0.15, 0.2) is 61.2 Å². The second kappa shape index (κ2) is 7.94. The minimum absolute atomic E-state index is 0.0652. The van der Waals surface area contributed by atoms with Crippen LogP contribution in [-0.4, -0.2) is 40.4 Å². The fraction of sp³-hybridized carbons (Fsp3) is 0.318. The van der Waals surface area contributed by atoms with Gasteiger partial charge < -0.3 is 10.1 Å². The van der Waals surface area contributed by atoms with Crippen molar-refractivity contribution in [2.45, 2.75) is 25.2 Å². The summed E-state index contributed by atoms with van der Waals surface area (Å²) >= 11 is 0. The lowest BCUT2D eigenvalue weighted by atomic mass is 9.72. The summed E-state index contributed by atoms with van der Waals surface area (Å²) in [5, 5.41) is 7.26. The summed E-state index contributed by atoms with van der Waals surface area (Å²) in [6.07, 6.45) is 4.93. The Hall–Kier alpha value is -2.99. The van der Waals surface area contributed by atoms with Crippen LogP contribution >= 0.6 is 0 Å². The third kappa shape index (κ3) is 3.68. The Morgan fingerprint density at radius 1 is 1.14 bits per heavy atom. The number of carbonyl (C=O) groups excluding carboxylic acids is 1. The van der Waals surface area contributed by atoms with Crippen LogP contribution in [0.2, 0.25) is 0 Å². The van der Waals surface area contributed by atoms with Crippen molar-refractivity contribution in [2.75, 3.05) is 19.8 Å². The Balaban J connectivity index is 1.49. The highest BCUT2D eigenvalue weighted by Gasteiger charge is 2.35. The van der Waals surface area contributed by atoms with Gasteiger partial charge in [-0.05, 0) is 55.2 Å². The minimum Gasteiger partial charge on any atom is -0.381 e. The van der Waals surface area contributed by atoms with Crippen molar-refractivity contribution < 1.29 is 9.53 Å². The third-order valence-electron chi connectivity index (χ3n) is 5.57. The molecule has 2 heterocycles. The molecule has 1 N–H and O–H groups in total. The van der Waals surface area contributed by atoms with Crippen LogP contribution in [0, 0.1) is 6.92 Å². The molecule has 0 saturated carbocycles. The fourth-order valence-electron chi connectivity index (χ4n) is 3.93. The summed E-state index contributed by atoms with van der Waals surface area (Å²) in [6.45, 7) is 4.18. The summed E-state index contributed by atoms with van der Waals surface area (Å²) in [6, 6.07) is 15.8. The number of amides is 1. The van der Waals surface area contributed by atoms with Crippen molar-refractivity contribution in [3.8, 4) is 5.69 Å². The number of nitrogens with one attached hydrogen (secondary N) is 1. The predicted molar refractivity (Wildman–Crippen MR) is 107 cm³/mol. The summed E-state index contributed by atoms with van der Waals surface area (Å²) in [5.41, 5.74) is 3.99. The molecule has 1 saturated heterocycles. The molecule has 0 unspecified atom stereocenters. The van der Waals surface area contributed by atoms with Gasteiger partial charge >= 0.3 is 0 Å². The van der Waals surface area contributed by atoms with Gasteiger partial charge in [0.25, 0.3) is 5.91 Å². The zero-order valence-electron chi connectivity index (χ0n) is 16.0. The van der Waals surface area contributed by atoms with Gasteiger partial charge in [-0.15, -0.1) is 0 Å². The molecular formula is C22H24N4O2. The molecule has 1 aromatic heterocycles. The Morgan fingerprint density at radius 3 is 2.57 bits per heavy atom. The lowest BCUT2D eigenvalue weighted by Gasteiger charge is -2.39. The highest BCUT2D eigenvalue weighted by molar-refractivity contribution is 5.94. The molecule has 3 aromatic rings. The lowest BCUT2D eigenvalue weighted by Crippen LogP contribution is -2.45. The molecule has 0 spiro atoms. The van der Waals surface area contributed by atoms with Gasteiger partial charge in [0.15, 0.2) is 0 Å². The molecule has 1 amide bonds. The molecule has 0 radical (unpaired) electrons. The van der Waals surface area contributed by atoms with E-state index < -0.39 is 0 Å². The van der Waals surface area contributed by atoms with Crippen molar-refractivity contribution in [1.29, 1.82) is 0 Å². The van der Waals surface area contributed by atoms with Gasteiger partial charge in [0.2, 0.25) is 0 Å². The van der Waals surface area contributed by atoms with Crippen LogP contribution < -0.4 is 5.32 Å². The number of ether oxygens (including phenoxy) is 1. The van der Waals surface area contributed by atoms with Crippen LogP contribution in [0.1, 0.15) is 34.3 Å². The van der Waals surface area contributed by atoms with Gasteiger partial charge in [0.1, 0.15) is 12.7 Å². The standard InChI is InChI=1S/C22H24N4O2/c1-17-4-2-3-5-20(17)22(10-12-28-13-11-22)14-24-21(27)18-6-8-19(9-7-18)26-16-23-15-25-26/h2-9,15-16H,10-14H2,1H3,(H,24,27). The van der Waals surface area contributed by atoms with E-state index in [1.807, 2.05) is 24.3 Å². The maximum absolute atomic E-state index is 12.8. The van der Waals surface area contributed by atoms with E-state index in [-0.39, 0.29) is 11.3 Å². The van der Waals surface area contributed by atoms with Crippen molar-refractivity contribution in [1.82, 2.24) is 20.1 Å². The molecule has 6 nitrogen and oxygen atoms in total. The van der Waals surface area contributed by atoms with Gasteiger partial charge in [-0.25, -0.2) is 9.67 Å². The molecule has 6 heteroatoms. The number of hydrogen-bond acceptors (Lipinski definition) is 4. The van der Waals surface area contributed by atoms with E-state index in [0.717, 1.165) is 31.7 Å². The Labute approximate surface area is 164 Å². The first-order valence-electron chi connectivity index (χ1n) is 9.55. The van der Waals surface area contributed by atoms with Crippen molar-refractivity contribution in [2.24, 2.45) is 0 Å². The quantitative estimate of drug-likeness (QED) is 0.743. The molecule has 0 atom stereocenters. The normalized spacial score (nSPS) is 15.9. The number of aryl methyl sites for hydroxylation is 1. The molecule has 144 valence electrons. The average Bonchev–Trinajstić information content (AvgIpc) is 3.28. The number of nitrogens with zero attached hydrogens (tertiary/aromatic N) is 3. The molecule has 28 heavy (non-hydrogen) atoms. The summed E-state index contributed by atoms with van der Waals surface area (Å²) in [7, 11) is 0. The van der Waals surface area contributed by atoms with E-state index in [1.165, 1.54) is 17.5 Å². The predicted octanol–water partition coefficient (Wildman–Crippen LogP) is 3.05. The molecule has 0 aliphatic carbocycles. The van der Waals surface area contributed by atoms with E-state index in [2.05, 4.69) is 46.6 Å². The van der Waals surface area contributed by atoms with Gasteiger partial charge in [0, 0.05) is 30.7 Å². The topological polar surface area (TPSA) is 69.0 Å². The first-order valence-corrected chi connectivity index (χ1v) is 9.55. The van der Waals surface area contributed by atoms with E-state index in [4.69, 9.17) is 4.74 Å². The van der Waals surface area contributed by atoms with Crippen LogP contribution in [0.25, 0.3) is 5.69 Å². The van der Waals surface area contributed by atoms with Gasteiger partial charge in [-0.3, -0.25) is 4.79 Å². The monoisotopic (exact) mass is 376 g/mol. The molecule has 1 aliphatic heterocycles. The van der Waals surface area contributed by atoms with Gasteiger partial charge in [-0.1, -0.05) is 24.3 Å². The maximum Gasteiger partial charge on any atom is 0.251 e. The number of aromatic nitrogens is 3. The molecule has 0 bridgehead atoms. The van der Waals surface area contributed by atoms with E-state index in [1.54, 1.807) is 11.0 Å². The number of carbonyl (C=O) groups is 1. The molecule has 1 aliphatic rings. The van der Waals surface area contributed by atoms with Crippen LogP contribution in [0.4, 0.5) is 0 Å². The summed E-state index contributed by atoms with van der Waals surface area (Å²) in [5.74, 6) is -0.0652. The Morgan fingerprint density at radius 2 is 1.89 bits per heavy atom. The molecular weight excluding hydrogens is 352 g/mol. The zero-order chi connectivity index (χ0) is 19.4. The first-order chi connectivity index (χ1) is 13.7. The number of rotatable bonds is 5. The zero-order valence-corrected chi connectivity index (χ0v) is 16.0. The maximum atomic E-state index is 12.8. The number of benzene rings is 2. The van der Waals surface area contributed by atoms with Crippen LogP contribution in [0.3, 0.4) is 0 Å². The van der Waals surface area contributed by atoms with Crippen LogP contribution in [0.5, 0.6) is 0 Å². The van der Waals surface area contributed by atoms with Crippen molar-refractivity contribution in [3.05, 3.63) is 77.9 Å². The highest BCUT2D eigenvalue weighted by Crippen LogP contribution is 2.36. The Bertz CT molecular complexity index is 929. The average molecular weight is 376 g/mol. The van der Waals surface area contributed by atoms with E-state index in [9.17, 15) is 4.79 Å². The van der Waals surface area contributed by atoms with Crippen LogP contribution in [-0.2, 0) is 10.2 Å². The van der Waals surface area contributed by atoms with Gasteiger partial charge in [-0.2, -0.15) is 5.10 Å². The van der Waals surface area contributed by atoms with Crippen molar-refractivity contribution >= 4 is 5.91 Å². The molecule has 4 rings (SSSR count). The highest BCUT2D eigenvalue weighted by atomic mass is 16.5. The SMILES string of the molecule is Cc1ccccc1C1(CNC(=O)c2ccc(-n3cncn3)cc2)CCOCC1. The van der Waals surface area contributed by atoms with Crippen molar-refractivity contribution in [3.63, 3.8) is 0 Å². The summed E-state index contributed by atoms with van der Waals surface area (Å²) in [4.78, 5) is 16.7. The smallest absolute Gasteiger partial charge is 0.251 e. The fourth-order valence-corrected chi connectivity index (χ4v) is 3.93. The molecule has 1 fully saturated rings. The molecule has 2 aromatic carbocycles. The Kier molecular flexibility index (Phi) is 5.21. The second-order valence-electron chi connectivity index (χ2n) is 7.28. The minimum atomic E-state index is -0.0834. The lowest BCUT2D eigenvalue weighted by molar-refractivity contribution is 0.0485. The summed E-state index contributed by atoms with van der Waals surface area (Å²) < 4.78 is 7.26. The second-order valence-corrected chi connectivity index (χ2v) is 7.28. The first kappa shape index (κ1) is 18.4.